The molecule has 2 rings (SSSR count). The van der Waals surface area contributed by atoms with Gasteiger partial charge in [0.25, 0.3) is 0 Å². The van der Waals surface area contributed by atoms with Gasteiger partial charge in [0, 0.05) is 5.69 Å². The van der Waals surface area contributed by atoms with Crippen molar-refractivity contribution in [1.82, 2.24) is 0 Å². The van der Waals surface area contributed by atoms with E-state index >= 15 is 0 Å². The molecule has 0 aromatic heterocycles. The maximum absolute atomic E-state index is 11.6. The summed E-state index contributed by atoms with van der Waals surface area (Å²) in [6, 6.07) is 7.61. The lowest BCUT2D eigenvalue weighted by atomic mass is 10.1. The Hall–Kier alpha value is -1.55. The van der Waals surface area contributed by atoms with Crippen molar-refractivity contribution in [3.63, 3.8) is 0 Å². The van der Waals surface area contributed by atoms with Gasteiger partial charge in [0.2, 0.25) is 0 Å². The first-order valence-corrected chi connectivity index (χ1v) is 5.66. The molecule has 1 saturated heterocycles. The van der Waals surface area contributed by atoms with Crippen LogP contribution in [-0.2, 0) is 9.47 Å². The van der Waals surface area contributed by atoms with Gasteiger partial charge in [-0.2, -0.15) is 0 Å². The van der Waals surface area contributed by atoms with Crippen molar-refractivity contribution in [3.8, 4) is 0 Å². The van der Waals surface area contributed by atoms with E-state index in [0.29, 0.717) is 0 Å². The van der Waals surface area contributed by atoms with Gasteiger partial charge in [-0.15, -0.1) is 0 Å². The number of hydrogen-bond acceptors (Lipinski definition) is 3. The Morgan fingerprint density at radius 2 is 2.18 bits per heavy atom. The second kappa shape index (κ2) is 4.37. The van der Waals surface area contributed by atoms with Crippen LogP contribution in [0.25, 0.3) is 0 Å². The number of carbonyl (C=O) groups excluding carboxylic acids is 1. The van der Waals surface area contributed by atoms with Gasteiger partial charge in [0.15, 0.2) is 0 Å². The van der Waals surface area contributed by atoms with E-state index in [1.54, 1.807) is 0 Å². The van der Waals surface area contributed by atoms with Crippen molar-refractivity contribution in [2.45, 2.75) is 32.5 Å². The van der Waals surface area contributed by atoms with Gasteiger partial charge in [0.1, 0.15) is 11.7 Å². The molecule has 1 amide bonds. The van der Waals surface area contributed by atoms with Crippen LogP contribution in [0.1, 0.15) is 32.4 Å². The minimum absolute atomic E-state index is 0.190. The molecular weight excluding hydrogens is 218 g/mol. The molecule has 17 heavy (non-hydrogen) atoms. The maximum atomic E-state index is 11.6. The van der Waals surface area contributed by atoms with Gasteiger partial charge in [-0.05, 0) is 38.5 Å². The lowest BCUT2D eigenvalue weighted by molar-refractivity contribution is 0.0636. The smallest absolute Gasteiger partial charge is 0.412 e. The van der Waals surface area contributed by atoms with Crippen molar-refractivity contribution in [2.75, 3.05) is 11.9 Å². The number of anilines is 1. The second-order valence-electron chi connectivity index (χ2n) is 5.07. The first-order valence-electron chi connectivity index (χ1n) is 5.66. The van der Waals surface area contributed by atoms with Crippen molar-refractivity contribution in [2.24, 2.45) is 0 Å². The van der Waals surface area contributed by atoms with E-state index in [-0.39, 0.29) is 6.10 Å². The standard InChI is InChI=1S/C13H17NO3/c1-13(2,3)17-12(15)14-10-6-4-5-9(7-10)11-8-16-11/h4-7,11H,8H2,1-3H3,(H,14,15)/t11-/m1/s1. The molecule has 0 saturated carbocycles. The molecule has 0 radical (unpaired) electrons. The Morgan fingerprint density at radius 1 is 1.47 bits per heavy atom. The molecule has 0 bridgehead atoms. The van der Waals surface area contributed by atoms with E-state index in [1.807, 2.05) is 45.0 Å². The van der Waals surface area contributed by atoms with Crippen molar-refractivity contribution in [1.29, 1.82) is 0 Å². The Labute approximate surface area is 101 Å². The zero-order valence-electron chi connectivity index (χ0n) is 10.3. The molecule has 1 aliphatic rings. The third-order valence-electron chi connectivity index (χ3n) is 2.24. The number of ether oxygens (including phenoxy) is 2. The van der Waals surface area contributed by atoms with Crippen molar-refractivity contribution in [3.05, 3.63) is 29.8 Å². The summed E-state index contributed by atoms with van der Waals surface area (Å²) < 4.78 is 10.4. The van der Waals surface area contributed by atoms with E-state index < -0.39 is 11.7 Å². The largest absolute Gasteiger partial charge is 0.444 e. The Kier molecular flexibility index (Phi) is 3.07. The lowest BCUT2D eigenvalue weighted by Gasteiger charge is -2.19. The highest BCUT2D eigenvalue weighted by Gasteiger charge is 2.25. The summed E-state index contributed by atoms with van der Waals surface area (Å²) in [5.41, 5.74) is 1.33. The predicted octanol–water partition coefficient (Wildman–Crippen LogP) is 3.10. The number of benzene rings is 1. The molecule has 1 aromatic carbocycles. The fourth-order valence-electron chi connectivity index (χ4n) is 1.48. The van der Waals surface area contributed by atoms with Gasteiger partial charge in [-0.25, -0.2) is 4.79 Å². The number of rotatable bonds is 2. The molecule has 1 heterocycles. The third kappa shape index (κ3) is 3.75. The zero-order valence-corrected chi connectivity index (χ0v) is 10.3. The monoisotopic (exact) mass is 235 g/mol. The highest BCUT2D eigenvalue weighted by atomic mass is 16.6. The average Bonchev–Trinajstić information content (AvgIpc) is 2.97. The van der Waals surface area contributed by atoms with E-state index in [1.165, 1.54) is 0 Å². The van der Waals surface area contributed by atoms with Crippen molar-refractivity contribution >= 4 is 11.8 Å². The topological polar surface area (TPSA) is 50.9 Å². The molecule has 0 unspecified atom stereocenters. The van der Waals surface area contributed by atoms with Crippen LogP contribution < -0.4 is 5.32 Å². The van der Waals surface area contributed by atoms with Crippen LogP contribution in [0.5, 0.6) is 0 Å². The molecule has 0 aliphatic carbocycles. The molecule has 1 N–H and O–H groups in total. The van der Waals surface area contributed by atoms with E-state index in [9.17, 15) is 4.79 Å². The molecule has 92 valence electrons. The number of nitrogens with one attached hydrogen (secondary N) is 1. The van der Waals surface area contributed by atoms with Gasteiger partial charge >= 0.3 is 6.09 Å². The summed E-state index contributed by atoms with van der Waals surface area (Å²) in [5, 5.41) is 2.70. The average molecular weight is 235 g/mol. The normalized spacial score (nSPS) is 18.6. The number of hydrogen-bond donors (Lipinski definition) is 1. The zero-order chi connectivity index (χ0) is 12.5. The molecule has 1 fully saturated rings. The minimum Gasteiger partial charge on any atom is -0.444 e. The van der Waals surface area contributed by atoms with Crippen LogP contribution in [0.4, 0.5) is 10.5 Å². The third-order valence-corrected chi connectivity index (χ3v) is 2.24. The van der Waals surface area contributed by atoms with Gasteiger partial charge < -0.3 is 9.47 Å². The predicted molar refractivity (Wildman–Crippen MR) is 65.0 cm³/mol. The molecular formula is C13H17NO3. The van der Waals surface area contributed by atoms with Gasteiger partial charge in [-0.1, -0.05) is 12.1 Å². The van der Waals surface area contributed by atoms with Crippen LogP contribution in [-0.4, -0.2) is 18.3 Å². The maximum Gasteiger partial charge on any atom is 0.412 e. The van der Waals surface area contributed by atoms with Crippen LogP contribution in [0, 0.1) is 0 Å². The van der Waals surface area contributed by atoms with Gasteiger partial charge in [-0.3, -0.25) is 5.32 Å². The molecule has 4 heteroatoms. The summed E-state index contributed by atoms with van der Waals surface area (Å²) >= 11 is 0. The minimum atomic E-state index is -0.485. The SMILES string of the molecule is CC(C)(C)OC(=O)Nc1cccc([C@H]2CO2)c1. The number of epoxide rings is 1. The quantitative estimate of drug-likeness (QED) is 0.801. The highest BCUT2D eigenvalue weighted by molar-refractivity contribution is 5.84. The van der Waals surface area contributed by atoms with Gasteiger partial charge in [0.05, 0.1) is 6.61 Å². The molecule has 0 spiro atoms. The van der Waals surface area contributed by atoms with E-state index in [0.717, 1.165) is 17.9 Å². The Balaban J connectivity index is 1.98. The van der Waals surface area contributed by atoms with Crippen LogP contribution in [0.2, 0.25) is 0 Å². The molecule has 1 aromatic rings. The fraction of sp³-hybridized carbons (Fsp3) is 0.462. The number of amides is 1. The van der Waals surface area contributed by atoms with Crippen LogP contribution >= 0.6 is 0 Å². The highest BCUT2D eigenvalue weighted by Crippen LogP contribution is 2.31. The summed E-state index contributed by atoms with van der Waals surface area (Å²) in [6.45, 7) is 6.26. The summed E-state index contributed by atoms with van der Waals surface area (Å²) in [4.78, 5) is 11.6. The van der Waals surface area contributed by atoms with Crippen LogP contribution in [0.3, 0.4) is 0 Å². The molecule has 1 atom stereocenters. The number of carbonyl (C=O) groups is 1. The van der Waals surface area contributed by atoms with Crippen molar-refractivity contribution < 1.29 is 14.3 Å². The second-order valence-corrected chi connectivity index (χ2v) is 5.07. The summed E-state index contributed by atoms with van der Waals surface area (Å²) in [5.74, 6) is 0. The molecule has 1 aliphatic heterocycles. The Bertz CT molecular complexity index is 419. The lowest BCUT2D eigenvalue weighted by Crippen LogP contribution is -2.27. The summed E-state index contributed by atoms with van der Waals surface area (Å²) in [7, 11) is 0. The van der Waals surface area contributed by atoms with E-state index in [4.69, 9.17) is 9.47 Å². The Morgan fingerprint density at radius 3 is 2.76 bits per heavy atom. The first kappa shape index (κ1) is 11.9. The summed E-state index contributed by atoms with van der Waals surface area (Å²) in [6.07, 6.45) is -0.248. The fourth-order valence-corrected chi connectivity index (χ4v) is 1.48. The van der Waals surface area contributed by atoms with Crippen LogP contribution in [0.15, 0.2) is 24.3 Å². The first-order chi connectivity index (χ1) is 7.94. The van der Waals surface area contributed by atoms with E-state index in [2.05, 4.69) is 5.32 Å². The molecule has 4 nitrogen and oxygen atoms in total.